The molecule has 0 bridgehead atoms. The van der Waals surface area contributed by atoms with Gasteiger partial charge in [0.25, 0.3) is 0 Å². The van der Waals surface area contributed by atoms with Crippen molar-refractivity contribution in [1.82, 2.24) is 4.90 Å². The first-order valence-corrected chi connectivity index (χ1v) is 7.51. The summed E-state index contributed by atoms with van der Waals surface area (Å²) in [6.45, 7) is 9.10. The fourth-order valence-corrected chi connectivity index (χ4v) is 3.07. The Morgan fingerprint density at radius 1 is 1.15 bits per heavy atom. The molecule has 2 aliphatic rings. The van der Waals surface area contributed by atoms with Crippen molar-refractivity contribution in [2.45, 2.75) is 19.9 Å². The number of nitrogens with two attached hydrogens (primary N) is 1. The standard InChI is InChI=1S/C16H24N2O2/c1-11-8-18(9-12(11)2)10-14(17)13-3-4-15-16(7-13)20-6-5-19-15/h3-4,7,11-12,14H,5-6,8-10,17H2,1-2H3. The minimum Gasteiger partial charge on any atom is -0.486 e. The van der Waals surface area contributed by atoms with Crippen LogP contribution >= 0.6 is 0 Å². The second kappa shape index (κ2) is 5.62. The van der Waals surface area contributed by atoms with Crippen molar-refractivity contribution >= 4 is 0 Å². The highest BCUT2D eigenvalue weighted by Crippen LogP contribution is 2.33. The van der Waals surface area contributed by atoms with E-state index in [1.54, 1.807) is 0 Å². The topological polar surface area (TPSA) is 47.7 Å². The Balaban J connectivity index is 1.66. The molecule has 1 aromatic carbocycles. The summed E-state index contributed by atoms with van der Waals surface area (Å²) in [5.74, 6) is 3.19. The normalized spacial score (nSPS) is 27.6. The number of hydrogen-bond acceptors (Lipinski definition) is 4. The van der Waals surface area contributed by atoms with Crippen LogP contribution in [-0.4, -0.2) is 37.7 Å². The third-order valence-electron chi connectivity index (χ3n) is 4.51. The molecular formula is C16H24N2O2. The molecule has 2 heterocycles. The molecule has 2 aliphatic heterocycles. The first-order valence-electron chi connectivity index (χ1n) is 7.51. The first kappa shape index (κ1) is 13.7. The van der Waals surface area contributed by atoms with Gasteiger partial charge in [0.05, 0.1) is 0 Å². The summed E-state index contributed by atoms with van der Waals surface area (Å²) in [5, 5.41) is 0. The zero-order chi connectivity index (χ0) is 14.1. The van der Waals surface area contributed by atoms with Gasteiger partial charge in [-0.15, -0.1) is 0 Å². The van der Waals surface area contributed by atoms with E-state index in [0.717, 1.165) is 48.5 Å². The van der Waals surface area contributed by atoms with Gasteiger partial charge in [0, 0.05) is 25.7 Å². The van der Waals surface area contributed by atoms with Gasteiger partial charge in [-0.2, -0.15) is 0 Å². The van der Waals surface area contributed by atoms with Crippen LogP contribution in [0.2, 0.25) is 0 Å². The van der Waals surface area contributed by atoms with Crippen molar-refractivity contribution in [3.8, 4) is 11.5 Å². The van der Waals surface area contributed by atoms with Gasteiger partial charge >= 0.3 is 0 Å². The molecule has 1 aromatic rings. The van der Waals surface area contributed by atoms with Gasteiger partial charge in [-0.05, 0) is 29.5 Å². The Morgan fingerprint density at radius 3 is 2.50 bits per heavy atom. The van der Waals surface area contributed by atoms with E-state index < -0.39 is 0 Å². The lowest BCUT2D eigenvalue weighted by atomic mass is 10.0. The van der Waals surface area contributed by atoms with E-state index in [2.05, 4.69) is 24.8 Å². The summed E-state index contributed by atoms with van der Waals surface area (Å²) in [6, 6.07) is 6.09. The molecule has 0 amide bonds. The average molecular weight is 276 g/mol. The van der Waals surface area contributed by atoms with Crippen molar-refractivity contribution in [3.63, 3.8) is 0 Å². The van der Waals surface area contributed by atoms with E-state index in [0.29, 0.717) is 13.2 Å². The Labute approximate surface area is 120 Å². The summed E-state index contributed by atoms with van der Waals surface area (Å²) in [4.78, 5) is 2.47. The number of fused-ring (bicyclic) bond motifs is 1. The molecule has 0 aliphatic carbocycles. The minimum absolute atomic E-state index is 0.0309. The Morgan fingerprint density at radius 2 is 1.80 bits per heavy atom. The summed E-state index contributed by atoms with van der Waals surface area (Å²) in [6.07, 6.45) is 0. The van der Waals surface area contributed by atoms with Crippen LogP contribution in [-0.2, 0) is 0 Å². The van der Waals surface area contributed by atoms with Gasteiger partial charge in [-0.3, -0.25) is 0 Å². The largest absolute Gasteiger partial charge is 0.486 e. The van der Waals surface area contributed by atoms with Crippen LogP contribution in [0.1, 0.15) is 25.5 Å². The van der Waals surface area contributed by atoms with Crippen LogP contribution in [0.5, 0.6) is 11.5 Å². The third kappa shape index (κ3) is 2.76. The van der Waals surface area contributed by atoms with Crippen molar-refractivity contribution in [1.29, 1.82) is 0 Å². The van der Waals surface area contributed by atoms with Crippen LogP contribution in [0.15, 0.2) is 18.2 Å². The molecule has 1 saturated heterocycles. The zero-order valence-corrected chi connectivity index (χ0v) is 12.3. The molecule has 0 aromatic heterocycles. The number of ether oxygens (including phenoxy) is 2. The molecule has 3 unspecified atom stereocenters. The lowest BCUT2D eigenvalue weighted by Crippen LogP contribution is -2.30. The lowest BCUT2D eigenvalue weighted by molar-refractivity contribution is 0.171. The molecule has 3 rings (SSSR count). The van der Waals surface area contributed by atoms with E-state index in [1.165, 1.54) is 0 Å². The molecular weight excluding hydrogens is 252 g/mol. The van der Waals surface area contributed by atoms with E-state index in [1.807, 2.05) is 12.1 Å². The predicted molar refractivity (Wildman–Crippen MR) is 79.1 cm³/mol. The molecule has 0 spiro atoms. The maximum absolute atomic E-state index is 6.36. The van der Waals surface area contributed by atoms with Crippen LogP contribution in [0, 0.1) is 11.8 Å². The smallest absolute Gasteiger partial charge is 0.161 e. The molecule has 0 saturated carbocycles. The Bertz CT molecular complexity index is 468. The molecule has 110 valence electrons. The number of hydrogen-bond donors (Lipinski definition) is 1. The molecule has 2 N–H and O–H groups in total. The molecule has 0 radical (unpaired) electrons. The van der Waals surface area contributed by atoms with Gasteiger partial charge in [0.1, 0.15) is 13.2 Å². The SMILES string of the molecule is CC1CN(CC(N)c2ccc3c(c2)OCCO3)CC1C. The van der Waals surface area contributed by atoms with Crippen molar-refractivity contribution in [2.24, 2.45) is 17.6 Å². The second-order valence-electron chi connectivity index (χ2n) is 6.18. The van der Waals surface area contributed by atoms with Crippen LogP contribution in [0.4, 0.5) is 0 Å². The molecule has 1 fully saturated rings. The summed E-state index contributed by atoms with van der Waals surface area (Å²) >= 11 is 0. The Hall–Kier alpha value is -1.26. The number of rotatable bonds is 3. The molecule has 3 atom stereocenters. The molecule has 4 heteroatoms. The summed E-state index contributed by atoms with van der Waals surface area (Å²) < 4.78 is 11.2. The predicted octanol–water partition coefficient (Wildman–Crippen LogP) is 2.05. The van der Waals surface area contributed by atoms with Crippen LogP contribution in [0.25, 0.3) is 0 Å². The lowest BCUT2D eigenvalue weighted by Gasteiger charge is -2.23. The summed E-state index contributed by atoms with van der Waals surface area (Å²) in [7, 11) is 0. The first-order chi connectivity index (χ1) is 9.63. The van der Waals surface area contributed by atoms with Crippen molar-refractivity contribution in [2.75, 3.05) is 32.8 Å². The van der Waals surface area contributed by atoms with E-state index in [9.17, 15) is 0 Å². The Kier molecular flexibility index (Phi) is 3.85. The van der Waals surface area contributed by atoms with Crippen molar-refractivity contribution < 1.29 is 9.47 Å². The molecule has 4 nitrogen and oxygen atoms in total. The van der Waals surface area contributed by atoms with Crippen LogP contribution in [0.3, 0.4) is 0 Å². The van der Waals surface area contributed by atoms with Crippen molar-refractivity contribution in [3.05, 3.63) is 23.8 Å². The second-order valence-corrected chi connectivity index (χ2v) is 6.18. The fourth-order valence-electron chi connectivity index (χ4n) is 3.07. The van der Waals surface area contributed by atoms with Gasteiger partial charge in [-0.25, -0.2) is 0 Å². The number of nitrogens with zero attached hydrogens (tertiary/aromatic N) is 1. The number of benzene rings is 1. The van der Waals surface area contributed by atoms with Gasteiger partial charge < -0.3 is 20.1 Å². The van der Waals surface area contributed by atoms with Crippen LogP contribution < -0.4 is 15.2 Å². The highest BCUT2D eigenvalue weighted by atomic mass is 16.6. The average Bonchev–Trinajstić information content (AvgIpc) is 2.76. The van der Waals surface area contributed by atoms with E-state index >= 15 is 0 Å². The quantitative estimate of drug-likeness (QED) is 0.918. The monoisotopic (exact) mass is 276 g/mol. The summed E-state index contributed by atoms with van der Waals surface area (Å²) in [5.41, 5.74) is 7.49. The van der Waals surface area contributed by atoms with Gasteiger partial charge in [0.15, 0.2) is 11.5 Å². The van der Waals surface area contributed by atoms with E-state index in [4.69, 9.17) is 15.2 Å². The zero-order valence-electron chi connectivity index (χ0n) is 12.3. The van der Waals surface area contributed by atoms with Gasteiger partial charge in [-0.1, -0.05) is 19.9 Å². The van der Waals surface area contributed by atoms with Gasteiger partial charge in [0.2, 0.25) is 0 Å². The third-order valence-corrected chi connectivity index (χ3v) is 4.51. The highest BCUT2D eigenvalue weighted by Gasteiger charge is 2.27. The van der Waals surface area contributed by atoms with E-state index in [-0.39, 0.29) is 6.04 Å². The number of likely N-dealkylation sites (tertiary alicyclic amines) is 1. The molecule has 20 heavy (non-hydrogen) atoms. The fraction of sp³-hybridized carbons (Fsp3) is 0.625. The highest BCUT2D eigenvalue weighted by molar-refractivity contribution is 5.44. The maximum atomic E-state index is 6.36. The minimum atomic E-state index is 0.0309. The maximum Gasteiger partial charge on any atom is 0.161 e.